The number of halogens is 1. The first kappa shape index (κ1) is 19.9. The summed E-state index contributed by atoms with van der Waals surface area (Å²) in [6.07, 6.45) is 3.38. The maximum Gasteiger partial charge on any atom is 0.185 e. The smallest absolute Gasteiger partial charge is 0.185 e. The van der Waals surface area contributed by atoms with E-state index in [1.807, 2.05) is 61.5 Å². The molecular weight excluding hydrogens is 416 g/mol. The van der Waals surface area contributed by atoms with E-state index in [-0.39, 0.29) is 5.78 Å². The van der Waals surface area contributed by atoms with Gasteiger partial charge in [0.25, 0.3) is 0 Å². The number of carbonyl (C=O) groups is 1. The van der Waals surface area contributed by atoms with Crippen molar-refractivity contribution in [1.29, 1.82) is 0 Å². The van der Waals surface area contributed by atoms with E-state index >= 15 is 0 Å². The average Bonchev–Trinajstić information content (AvgIpc) is 2.72. The second kappa shape index (κ2) is 9.38. The Morgan fingerprint density at radius 1 is 1.00 bits per heavy atom. The SMILES string of the molecule is COc1ccc(/C=C/C(=O)c2ccc(Br)cc2)cc1COc1ccc(C)cc1. The number of benzene rings is 3. The van der Waals surface area contributed by atoms with Crippen molar-refractivity contribution in [3.63, 3.8) is 0 Å². The zero-order chi connectivity index (χ0) is 19.9. The van der Waals surface area contributed by atoms with Gasteiger partial charge in [-0.15, -0.1) is 0 Å². The molecule has 0 unspecified atom stereocenters. The van der Waals surface area contributed by atoms with Gasteiger partial charge < -0.3 is 9.47 Å². The molecule has 0 aliphatic heterocycles. The molecule has 0 atom stereocenters. The lowest BCUT2D eigenvalue weighted by atomic mass is 10.1. The van der Waals surface area contributed by atoms with E-state index in [1.165, 1.54) is 5.56 Å². The van der Waals surface area contributed by atoms with Crippen molar-refractivity contribution in [2.24, 2.45) is 0 Å². The molecule has 142 valence electrons. The normalized spacial score (nSPS) is 10.8. The predicted octanol–water partition coefficient (Wildman–Crippen LogP) is 6.24. The van der Waals surface area contributed by atoms with Crippen LogP contribution in [0, 0.1) is 6.92 Å². The third kappa shape index (κ3) is 5.33. The molecule has 4 heteroatoms. The largest absolute Gasteiger partial charge is 0.496 e. The van der Waals surface area contributed by atoms with Crippen LogP contribution < -0.4 is 9.47 Å². The first-order valence-electron chi connectivity index (χ1n) is 8.89. The van der Waals surface area contributed by atoms with Gasteiger partial charge in [0.2, 0.25) is 0 Å². The Morgan fingerprint density at radius 2 is 1.71 bits per heavy atom. The molecule has 3 nitrogen and oxygen atoms in total. The van der Waals surface area contributed by atoms with Crippen LogP contribution in [0.2, 0.25) is 0 Å². The molecule has 0 saturated carbocycles. The summed E-state index contributed by atoms with van der Waals surface area (Å²) in [6.45, 7) is 2.42. The minimum Gasteiger partial charge on any atom is -0.496 e. The van der Waals surface area contributed by atoms with E-state index in [0.29, 0.717) is 12.2 Å². The number of rotatable bonds is 7. The van der Waals surface area contributed by atoms with E-state index in [2.05, 4.69) is 15.9 Å². The molecule has 3 aromatic rings. The van der Waals surface area contributed by atoms with Gasteiger partial charge in [0, 0.05) is 15.6 Å². The molecule has 0 aliphatic carbocycles. The van der Waals surface area contributed by atoms with Crippen LogP contribution in [0.5, 0.6) is 11.5 Å². The van der Waals surface area contributed by atoms with Crippen molar-refractivity contribution in [3.05, 3.63) is 99.5 Å². The molecule has 0 N–H and O–H groups in total. The lowest BCUT2D eigenvalue weighted by Gasteiger charge is -2.11. The molecule has 0 heterocycles. The van der Waals surface area contributed by atoms with Gasteiger partial charge in [0.1, 0.15) is 18.1 Å². The number of hydrogen-bond acceptors (Lipinski definition) is 3. The summed E-state index contributed by atoms with van der Waals surface area (Å²) in [4.78, 5) is 12.3. The highest BCUT2D eigenvalue weighted by molar-refractivity contribution is 9.10. The fourth-order valence-electron chi connectivity index (χ4n) is 2.69. The Kier molecular flexibility index (Phi) is 6.66. The first-order chi connectivity index (χ1) is 13.5. The number of carbonyl (C=O) groups excluding carboxylic acids is 1. The van der Waals surface area contributed by atoms with Crippen molar-refractivity contribution in [1.82, 2.24) is 0 Å². The van der Waals surface area contributed by atoms with Crippen molar-refractivity contribution >= 4 is 27.8 Å². The Labute approximate surface area is 173 Å². The van der Waals surface area contributed by atoms with Crippen LogP contribution in [0.3, 0.4) is 0 Å². The molecule has 3 rings (SSSR count). The number of allylic oxidation sites excluding steroid dienone is 1. The summed E-state index contributed by atoms with van der Waals surface area (Å²) in [7, 11) is 1.64. The lowest BCUT2D eigenvalue weighted by molar-refractivity contribution is 0.104. The quantitative estimate of drug-likeness (QED) is 0.324. The van der Waals surface area contributed by atoms with Gasteiger partial charge in [0.15, 0.2) is 5.78 Å². The molecule has 0 saturated heterocycles. The minimum absolute atomic E-state index is 0.0410. The average molecular weight is 437 g/mol. The van der Waals surface area contributed by atoms with Crippen molar-refractivity contribution < 1.29 is 14.3 Å². The summed E-state index contributed by atoms with van der Waals surface area (Å²) in [5.41, 5.74) is 3.67. The number of aryl methyl sites for hydroxylation is 1. The van der Waals surface area contributed by atoms with Gasteiger partial charge in [-0.05, 0) is 67.1 Å². The van der Waals surface area contributed by atoms with Crippen molar-refractivity contribution in [3.8, 4) is 11.5 Å². The minimum atomic E-state index is -0.0410. The number of methoxy groups -OCH3 is 1. The monoisotopic (exact) mass is 436 g/mol. The van der Waals surface area contributed by atoms with Crippen LogP contribution in [-0.2, 0) is 6.61 Å². The molecular formula is C24H21BrO3. The maximum absolute atomic E-state index is 12.3. The van der Waals surface area contributed by atoms with Crippen LogP contribution >= 0.6 is 15.9 Å². The van der Waals surface area contributed by atoms with E-state index in [4.69, 9.17) is 9.47 Å². The Balaban J connectivity index is 1.73. The fourth-order valence-corrected chi connectivity index (χ4v) is 2.96. The van der Waals surface area contributed by atoms with Gasteiger partial charge in [-0.1, -0.05) is 45.8 Å². The highest BCUT2D eigenvalue weighted by Crippen LogP contribution is 2.23. The van der Waals surface area contributed by atoms with E-state index in [0.717, 1.165) is 27.1 Å². The van der Waals surface area contributed by atoms with Gasteiger partial charge in [-0.3, -0.25) is 4.79 Å². The fraction of sp³-hybridized carbons (Fsp3) is 0.125. The van der Waals surface area contributed by atoms with Gasteiger partial charge >= 0.3 is 0 Å². The molecule has 28 heavy (non-hydrogen) atoms. The molecule has 0 aromatic heterocycles. The third-order valence-electron chi connectivity index (χ3n) is 4.28. The van der Waals surface area contributed by atoms with Gasteiger partial charge in [-0.25, -0.2) is 0 Å². The lowest BCUT2D eigenvalue weighted by Crippen LogP contribution is -1.99. The van der Waals surface area contributed by atoms with Crippen LogP contribution in [0.25, 0.3) is 6.08 Å². The highest BCUT2D eigenvalue weighted by Gasteiger charge is 2.06. The van der Waals surface area contributed by atoms with Crippen LogP contribution in [0.1, 0.15) is 27.0 Å². The summed E-state index contributed by atoms with van der Waals surface area (Å²) < 4.78 is 12.3. The molecule has 0 spiro atoms. The maximum atomic E-state index is 12.3. The highest BCUT2D eigenvalue weighted by atomic mass is 79.9. The molecule has 0 aliphatic rings. The second-order valence-corrected chi connectivity index (χ2v) is 7.29. The van der Waals surface area contributed by atoms with Crippen LogP contribution in [-0.4, -0.2) is 12.9 Å². The molecule has 0 radical (unpaired) electrons. The van der Waals surface area contributed by atoms with Gasteiger partial charge in [-0.2, -0.15) is 0 Å². The zero-order valence-corrected chi connectivity index (χ0v) is 17.4. The number of ketones is 1. The van der Waals surface area contributed by atoms with Gasteiger partial charge in [0.05, 0.1) is 7.11 Å². The summed E-state index contributed by atoms with van der Waals surface area (Å²) in [6, 6.07) is 21.0. The van der Waals surface area contributed by atoms with E-state index in [9.17, 15) is 4.79 Å². The summed E-state index contributed by atoms with van der Waals surface area (Å²) >= 11 is 3.37. The zero-order valence-electron chi connectivity index (χ0n) is 15.8. The number of hydrogen-bond donors (Lipinski definition) is 0. The van der Waals surface area contributed by atoms with Crippen molar-refractivity contribution in [2.45, 2.75) is 13.5 Å². The van der Waals surface area contributed by atoms with E-state index in [1.54, 1.807) is 31.4 Å². The van der Waals surface area contributed by atoms with E-state index < -0.39 is 0 Å². The topological polar surface area (TPSA) is 35.5 Å². The summed E-state index contributed by atoms with van der Waals surface area (Å²) in [5, 5.41) is 0. The third-order valence-corrected chi connectivity index (χ3v) is 4.80. The van der Waals surface area contributed by atoms with Crippen molar-refractivity contribution in [2.75, 3.05) is 7.11 Å². The first-order valence-corrected chi connectivity index (χ1v) is 9.69. The molecule has 3 aromatic carbocycles. The predicted molar refractivity (Wildman–Crippen MR) is 116 cm³/mol. The number of ether oxygens (including phenoxy) is 2. The summed E-state index contributed by atoms with van der Waals surface area (Å²) in [5.74, 6) is 1.52. The molecule has 0 fully saturated rings. The second-order valence-electron chi connectivity index (χ2n) is 6.38. The van der Waals surface area contributed by atoms with Crippen LogP contribution in [0.4, 0.5) is 0 Å². The molecule has 0 amide bonds. The van der Waals surface area contributed by atoms with Crippen LogP contribution in [0.15, 0.2) is 77.3 Å². The Hall–Kier alpha value is -2.85. The Bertz CT molecular complexity index is 974. The Morgan fingerprint density at radius 3 is 2.39 bits per heavy atom. The molecule has 0 bridgehead atoms. The standard InChI is InChI=1S/C24H21BrO3/c1-17-3-11-22(12-4-17)28-16-20-15-18(6-14-24(20)27-2)5-13-23(26)19-7-9-21(25)10-8-19/h3-15H,16H2,1-2H3/b13-5+.